The molecule has 0 aromatic heterocycles. The molecule has 7 heteroatoms. The van der Waals surface area contributed by atoms with Crippen molar-refractivity contribution < 1.29 is 7.52 Å². The molecule has 0 spiro atoms. The van der Waals surface area contributed by atoms with E-state index in [1.54, 1.807) is 24.3 Å². The van der Waals surface area contributed by atoms with Crippen molar-refractivity contribution in [2.45, 2.75) is 0 Å². The topological polar surface area (TPSA) is 6.48 Å². The predicted octanol–water partition coefficient (Wildman–Crippen LogP) is 5.00. The summed E-state index contributed by atoms with van der Waals surface area (Å²) in [6.07, 6.45) is 6.49. The molecule has 2 nitrogen and oxygen atoms in total. The Morgan fingerprint density at radius 1 is 0.632 bits per heavy atom. The molecule has 0 amide bonds. The molecule has 0 aliphatic heterocycles. The molecule has 0 saturated carbocycles. The maximum atomic E-state index is 6.57. The first kappa shape index (κ1) is 19.6. The maximum absolute atomic E-state index is 6.57. The first-order chi connectivity index (χ1) is 8.57. The molecule has 0 aliphatic rings. The first-order valence-corrected chi connectivity index (χ1v) is 11.3. The van der Waals surface area contributed by atoms with Crippen molar-refractivity contribution in [2.24, 2.45) is 0 Å². The van der Waals surface area contributed by atoms with Gasteiger partial charge in [-0.15, -0.1) is 0 Å². The number of hydrogen-bond acceptors (Lipinski definition) is 2. The Balaban J connectivity index is 5.81. The van der Waals surface area contributed by atoms with E-state index in [0.717, 1.165) is 0 Å². The van der Waals surface area contributed by atoms with Gasteiger partial charge in [-0.3, -0.25) is 0 Å². The predicted molar refractivity (Wildman–Crippen MR) is 87.3 cm³/mol. The Morgan fingerprint density at radius 3 is 1.00 bits per heavy atom. The fourth-order valence-corrected chi connectivity index (χ4v) is 6.18. The van der Waals surface area contributed by atoms with Crippen LogP contribution in [0.4, 0.5) is 0 Å². The minimum absolute atomic E-state index is 0.316. The van der Waals surface area contributed by atoms with Gasteiger partial charge in [0.05, 0.1) is 0 Å². The zero-order chi connectivity index (χ0) is 15.2. The van der Waals surface area contributed by atoms with E-state index in [1.807, 2.05) is 0 Å². The van der Waals surface area contributed by atoms with Crippen LogP contribution in [-0.2, 0) is 7.52 Å². The van der Waals surface area contributed by atoms with Gasteiger partial charge in [0.15, 0.2) is 0 Å². The summed E-state index contributed by atoms with van der Waals surface area (Å²) in [4.78, 5) is 0. The molecule has 0 unspecified atom stereocenters. The van der Waals surface area contributed by atoms with Gasteiger partial charge in [-0.2, -0.15) is 0 Å². The Bertz CT molecular complexity index is 324. The van der Waals surface area contributed by atoms with E-state index in [2.05, 4.69) is 26.3 Å². The van der Waals surface area contributed by atoms with Crippen LogP contribution in [-0.4, -0.2) is 34.0 Å². The van der Waals surface area contributed by atoms with Gasteiger partial charge in [0.25, 0.3) is 0 Å². The summed E-state index contributed by atoms with van der Waals surface area (Å²) in [5.41, 5.74) is 0. The van der Waals surface area contributed by atoms with Gasteiger partial charge < -0.3 is 0 Å². The number of rotatable bonds is 10. The summed E-state index contributed by atoms with van der Waals surface area (Å²) < 4.78 is 3.07. The third kappa shape index (κ3) is 4.80. The van der Waals surface area contributed by atoms with Crippen molar-refractivity contribution >= 4 is 40.4 Å². The van der Waals surface area contributed by atoms with Crippen molar-refractivity contribution in [3.8, 4) is 0 Å². The average molecular weight is 398 g/mol. The Hall–Kier alpha value is 0.559. The summed E-state index contributed by atoms with van der Waals surface area (Å²) >= 11 is 0. The Morgan fingerprint density at radius 2 is 0.842 bits per heavy atom. The van der Waals surface area contributed by atoms with Crippen LogP contribution in [0.5, 0.6) is 0 Å². The molecule has 0 saturated heterocycles. The standard InChI is InChI=1S/2C6H10N.4ClH.Cu/c2*1-3-5-7-6-4-2;;;;;/h2*3-4H,1-2,5-6H2;4*1H;/q2*-1;;;;;+6/p-4. The minimum atomic E-state index is -4.66. The summed E-state index contributed by atoms with van der Waals surface area (Å²) in [7, 11) is 21.6. The third-order valence-corrected chi connectivity index (χ3v) is 9.78. The Labute approximate surface area is 132 Å². The van der Waals surface area contributed by atoms with Gasteiger partial charge in [0.2, 0.25) is 0 Å². The molecule has 0 radical (unpaired) electrons. The number of hydrogen-bond donors (Lipinski definition) is 0. The molecule has 19 heavy (non-hydrogen) atoms. The van der Waals surface area contributed by atoms with Crippen molar-refractivity contribution in [3.63, 3.8) is 0 Å². The SMILES string of the molecule is C=CC[N](CC=C)[Cu]([Cl])([Cl])([Cl])([Cl])[N](CC=C)CC=C. The van der Waals surface area contributed by atoms with E-state index in [1.165, 1.54) is 7.83 Å². The first-order valence-electron chi connectivity index (χ1n) is 5.26. The zero-order valence-electron chi connectivity index (χ0n) is 10.7. The number of halogens is 4. The van der Waals surface area contributed by atoms with Gasteiger partial charge in [-0.05, 0) is 0 Å². The fourth-order valence-electron chi connectivity index (χ4n) is 1.22. The molecule has 0 atom stereocenters. The van der Waals surface area contributed by atoms with Crippen LogP contribution in [0.15, 0.2) is 50.6 Å². The second-order valence-electron chi connectivity index (χ2n) is 3.44. The third-order valence-electron chi connectivity index (χ3n) is 2.00. The van der Waals surface area contributed by atoms with Gasteiger partial charge in [0, 0.05) is 0 Å². The molecule has 0 fully saturated rings. The van der Waals surface area contributed by atoms with Gasteiger partial charge in [-0.1, -0.05) is 0 Å². The normalized spacial score (nSPS) is 15.7. The van der Waals surface area contributed by atoms with Crippen molar-refractivity contribution in [1.29, 1.82) is 0 Å². The second-order valence-corrected chi connectivity index (χ2v) is 18.8. The molecule has 0 N–H and O–H groups in total. The van der Waals surface area contributed by atoms with E-state index >= 15 is 0 Å². The summed E-state index contributed by atoms with van der Waals surface area (Å²) in [6.45, 7) is 15.9. The Kier molecular flexibility index (Phi) is 6.74. The van der Waals surface area contributed by atoms with Gasteiger partial charge in [0.1, 0.15) is 0 Å². The van der Waals surface area contributed by atoms with E-state index in [4.69, 9.17) is 40.4 Å². The van der Waals surface area contributed by atoms with Crippen LogP contribution < -0.4 is 0 Å². The summed E-state index contributed by atoms with van der Waals surface area (Å²) in [6, 6.07) is 0. The van der Waals surface area contributed by atoms with E-state index in [9.17, 15) is 0 Å². The molecule has 0 aromatic carbocycles. The van der Waals surface area contributed by atoms with Crippen molar-refractivity contribution in [3.05, 3.63) is 50.6 Å². The molecule has 0 aromatic rings. The molecule has 0 rings (SSSR count). The monoisotopic (exact) mass is 395 g/mol. The molecule has 0 heterocycles. The quantitative estimate of drug-likeness (QED) is 0.378. The second kappa shape index (κ2) is 6.55. The van der Waals surface area contributed by atoms with Crippen LogP contribution in [0.1, 0.15) is 0 Å². The molecule has 0 aliphatic carbocycles. The van der Waals surface area contributed by atoms with Crippen molar-refractivity contribution in [2.75, 3.05) is 26.2 Å². The van der Waals surface area contributed by atoms with E-state index < -0.39 is 7.52 Å². The molecular weight excluding hydrogens is 378 g/mol. The average Bonchev–Trinajstić information content (AvgIpc) is 2.27. The van der Waals surface area contributed by atoms with E-state index in [-0.39, 0.29) is 0 Å². The molecular formula is C12H20Cl4CuN2. The van der Waals surface area contributed by atoms with Crippen LogP contribution in [0.3, 0.4) is 0 Å². The molecule has 117 valence electrons. The molecule has 0 bridgehead atoms. The summed E-state index contributed by atoms with van der Waals surface area (Å²) in [5.74, 6) is 0. The zero-order valence-corrected chi connectivity index (χ0v) is 14.6. The van der Waals surface area contributed by atoms with E-state index in [0.29, 0.717) is 26.2 Å². The van der Waals surface area contributed by atoms with Gasteiger partial charge >= 0.3 is 133 Å². The van der Waals surface area contributed by atoms with Crippen LogP contribution in [0.25, 0.3) is 0 Å². The van der Waals surface area contributed by atoms with Crippen LogP contribution in [0, 0.1) is 0 Å². The summed E-state index contributed by atoms with van der Waals surface area (Å²) in [5, 5.41) is 0. The van der Waals surface area contributed by atoms with Crippen molar-refractivity contribution in [1.82, 2.24) is 7.83 Å². The van der Waals surface area contributed by atoms with Crippen LogP contribution in [0.2, 0.25) is 0 Å². The van der Waals surface area contributed by atoms with Crippen LogP contribution >= 0.6 is 40.4 Å². The van der Waals surface area contributed by atoms with Gasteiger partial charge in [-0.25, -0.2) is 0 Å². The number of nitrogens with zero attached hydrogens (tertiary/aromatic N) is 2. The fraction of sp³-hybridized carbons (Fsp3) is 0.333.